The number of ether oxygens (including phenoxy) is 4. The maximum absolute atomic E-state index is 12.7. The van der Waals surface area contributed by atoms with E-state index in [0.717, 1.165) is 55.5 Å². The number of nitrogens with zero attached hydrogens (tertiary/aromatic N) is 1. The predicted octanol–water partition coefficient (Wildman–Crippen LogP) is 7.22. The second-order valence-electron chi connectivity index (χ2n) is 9.27. The molecule has 0 unspecified atom stereocenters. The van der Waals surface area contributed by atoms with E-state index in [1.165, 1.54) is 7.11 Å². The molecular formula is C31H33NO5. The van der Waals surface area contributed by atoms with Gasteiger partial charge in [0.05, 0.1) is 5.56 Å². The topological polar surface area (TPSA) is 66.9 Å². The van der Waals surface area contributed by atoms with Crippen LogP contribution in [0.3, 0.4) is 0 Å². The van der Waals surface area contributed by atoms with Crippen molar-refractivity contribution in [2.75, 3.05) is 13.9 Å². The van der Waals surface area contributed by atoms with Gasteiger partial charge in [0.2, 0.25) is 5.88 Å². The molecule has 0 radical (unpaired) electrons. The van der Waals surface area contributed by atoms with Crippen LogP contribution in [0.15, 0.2) is 48.7 Å². The number of hydrogen-bond acceptors (Lipinski definition) is 6. The third kappa shape index (κ3) is 5.16. The largest absolute Gasteiger partial charge is 0.489 e. The molecule has 4 rings (SSSR count). The van der Waals surface area contributed by atoms with E-state index in [2.05, 4.69) is 24.0 Å². The monoisotopic (exact) mass is 499 g/mol. The van der Waals surface area contributed by atoms with Crippen molar-refractivity contribution in [1.29, 1.82) is 0 Å². The van der Waals surface area contributed by atoms with E-state index in [4.69, 9.17) is 18.9 Å². The summed E-state index contributed by atoms with van der Waals surface area (Å²) in [6.07, 6.45) is 1.76. The summed E-state index contributed by atoms with van der Waals surface area (Å²) in [6.45, 7) is 12.2. The molecule has 0 N–H and O–H groups in total. The summed E-state index contributed by atoms with van der Waals surface area (Å²) in [6, 6.07) is 14.2. The lowest BCUT2D eigenvalue weighted by Crippen LogP contribution is -2.13. The summed E-state index contributed by atoms with van der Waals surface area (Å²) in [5.74, 6) is 1.64. The number of hydrogen-bond donors (Lipinski definition) is 0. The molecule has 0 aliphatic carbocycles. The van der Waals surface area contributed by atoms with Crippen molar-refractivity contribution in [1.82, 2.24) is 4.98 Å². The molecule has 0 aliphatic rings. The van der Waals surface area contributed by atoms with Gasteiger partial charge in [-0.3, -0.25) is 0 Å². The van der Waals surface area contributed by atoms with Gasteiger partial charge in [0.25, 0.3) is 0 Å². The molecule has 0 aliphatic heterocycles. The van der Waals surface area contributed by atoms with Crippen molar-refractivity contribution in [3.05, 3.63) is 93.2 Å². The molecule has 0 saturated heterocycles. The van der Waals surface area contributed by atoms with Crippen LogP contribution in [-0.4, -0.2) is 24.9 Å². The van der Waals surface area contributed by atoms with Gasteiger partial charge in [0.1, 0.15) is 18.1 Å². The third-order valence-electron chi connectivity index (χ3n) is 6.94. The van der Waals surface area contributed by atoms with Crippen molar-refractivity contribution in [2.45, 2.75) is 48.1 Å². The highest BCUT2D eigenvalue weighted by molar-refractivity contribution is 5.95. The number of carbonyl (C=O) groups is 1. The number of pyridine rings is 1. The van der Waals surface area contributed by atoms with Crippen molar-refractivity contribution in [3.8, 4) is 17.4 Å². The molecule has 6 nitrogen and oxygen atoms in total. The fourth-order valence-corrected chi connectivity index (χ4v) is 4.63. The number of rotatable bonds is 8. The number of esters is 1. The molecular weight excluding hydrogens is 466 g/mol. The maximum Gasteiger partial charge on any atom is 0.340 e. The Morgan fingerprint density at radius 2 is 1.54 bits per heavy atom. The van der Waals surface area contributed by atoms with Crippen LogP contribution in [0.4, 0.5) is 0 Å². The SMILES string of the molecule is COCOC(=O)c1c(C)c(C)c(Oc2nccc3c(C)c(OCc4ccccc4)cc(C)c23)c(C)c1C. The van der Waals surface area contributed by atoms with Gasteiger partial charge in [-0.2, -0.15) is 0 Å². The Hall–Kier alpha value is -3.90. The van der Waals surface area contributed by atoms with Crippen molar-refractivity contribution in [3.63, 3.8) is 0 Å². The highest BCUT2D eigenvalue weighted by Gasteiger charge is 2.23. The highest BCUT2D eigenvalue weighted by Crippen LogP contribution is 2.40. The smallest absolute Gasteiger partial charge is 0.340 e. The number of fused-ring (bicyclic) bond motifs is 1. The molecule has 0 atom stereocenters. The Kier molecular flexibility index (Phi) is 7.79. The van der Waals surface area contributed by atoms with E-state index in [-0.39, 0.29) is 6.79 Å². The molecule has 192 valence electrons. The second-order valence-corrected chi connectivity index (χ2v) is 9.27. The predicted molar refractivity (Wildman–Crippen MR) is 145 cm³/mol. The quantitative estimate of drug-likeness (QED) is 0.188. The van der Waals surface area contributed by atoms with Crippen molar-refractivity contribution < 1.29 is 23.7 Å². The maximum atomic E-state index is 12.7. The summed E-state index contributed by atoms with van der Waals surface area (Å²) < 4.78 is 22.8. The van der Waals surface area contributed by atoms with Gasteiger partial charge in [-0.15, -0.1) is 0 Å². The fraction of sp³-hybridized carbons (Fsp3) is 0.290. The molecule has 3 aromatic carbocycles. The lowest BCUT2D eigenvalue weighted by Gasteiger charge is -2.21. The molecule has 0 amide bonds. The summed E-state index contributed by atoms with van der Waals surface area (Å²) >= 11 is 0. The van der Waals surface area contributed by atoms with Crippen molar-refractivity contribution >= 4 is 16.7 Å². The number of carbonyl (C=O) groups excluding carboxylic acids is 1. The number of benzene rings is 3. The first-order valence-electron chi connectivity index (χ1n) is 12.2. The van der Waals surface area contributed by atoms with Crippen LogP contribution >= 0.6 is 0 Å². The van der Waals surface area contributed by atoms with Gasteiger partial charge in [-0.05, 0) is 98.0 Å². The van der Waals surface area contributed by atoms with Gasteiger partial charge < -0.3 is 18.9 Å². The molecule has 0 spiro atoms. The number of aryl methyl sites for hydroxylation is 2. The van der Waals surface area contributed by atoms with Gasteiger partial charge in [0, 0.05) is 18.7 Å². The van der Waals surface area contributed by atoms with Gasteiger partial charge in [-0.25, -0.2) is 9.78 Å². The molecule has 4 aromatic rings. The standard InChI is InChI=1S/C31H33NO5/c1-18-15-26(35-16-24-11-9-8-10-12-24)23(6)25-13-14-32-30(27(18)25)37-29-21(4)19(2)28(20(3)22(29)5)31(33)36-17-34-7/h8-15H,16-17H2,1-7H3. The average molecular weight is 500 g/mol. The molecule has 6 heteroatoms. The second kappa shape index (κ2) is 11.0. The van der Waals surface area contributed by atoms with Crippen LogP contribution in [0, 0.1) is 41.5 Å². The molecule has 0 bridgehead atoms. The molecule has 1 aromatic heterocycles. The number of aromatic nitrogens is 1. The van der Waals surface area contributed by atoms with Gasteiger partial charge >= 0.3 is 5.97 Å². The lowest BCUT2D eigenvalue weighted by molar-refractivity contribution is -0.0126. The summed E-state index contributed by atoms with van der Waals surface area (Å²) in [4.78, 5) is 17.3. The summed E-state index contributed by atoms with van der Waals surface area (Å²) in [5.41, 5.74) is 7.04. The molecule has 0 fully saturated rings. The Morgan fingerprint density at radius 3 is 2.19 bits per heavy atom. The minimum Gasteiger partial charge on any atom is -0.489 e. The van der Waals surface area contributed by atoms with E-state index in [0.29, 0.717) is 23.8 Å². The first-order chi connectivity index (χ1) is 17.7. The lowest BCUT2D eigenvalue weighted by atomic mass is 9.93. The zero-order valence-electron chi connectivity index (χ0n) is 22.5. The minimum absolute atomic E-state index is 0.0936. The third-order valence-corrected chi connectivity index (χ3v) is 6.94. The van der Waals surface area contributed by atoms with Crippen LogP contribution in [0.1, 0.15) is 49.3 Å². The summed E-state index contributed by atoms with van der Waals surface area (Å²) in [5, 5.41) is 1.96. The Bertz CT molecular complexity index is 1430. The highest BCUT2D eigenvalue weighted by atomic mass is 16.7. The van der Waals surface area contributed by atoms with E-state index >= 15 is 0 Å². The molecule has 1 heterocycles. The van der Waals surface area contributed by atoms with Crippen LogP contribution in [0.5, 0.6) is 17.4 Å². The Balaban J connectivity index is 1.73. The zero-order chi connectivity index (χ0) is 26.7. The minimum atomic E-state index is -0.410. The van der Waals surface area contributed by atoms with E-state index in [9.17, 15) is 4.79 Å². The molecule has 0 saturated carbocycles. The first-order valence-corrected chi connectivity index (χ1v) is 12.2. The van der Waals surface area contributed by atoms with E-state index < -0.39 is 5.97 Å². The fourth-order valence-electron chi connectivity index (χ4n) is 4.63. The van der Waals surface area contributed by atoms with Crippen LogP contribution in [0.25, 0.3) is 10.8 Å². The molecule has 37 heavy (non-hydrogen) atoms. The van der Waals surface area contributed by atoms with Crippen LogP contribution in [0.2, 0.25) is 0 Å². The number of methoxy groups -OCH3 is 1. The summed E-state index contributed by atoms with van der Waals surface area (Å²) in [7, 11) is 1.49. The Morgan fingerprint density at radius 1 is 0.865 bits per heavy atom. The van der Waals surface area contributed by atoms with Crippen molar-refractivity contribution in [2.24, 2.45) is 0 Å². The Labute approximate surface area is 218 Å². The normalized spacial score (nSPS) is 11.0. The van der Waals surface area contributed by atoms with E-state index in [1.807, 2.05) is 65.0 Å². The van der Waals surface area contributed by atoms with Gasteiger partial charge in [0.15, 0.2) is 6.79 Å². The first kappa shape index (κ1) is 26.2. The zero-order valence-corrected chi connectivity index (χ0v) is 22.5. The van der Waals surface area contributed by atoms with Crippen LogP contribution in [-0.2, 0) is 16.1 Å². The van der Waals surface area contributed by atoms with Crippen LogP contribution < -0.4 is 9.47 Å². The van der Waals surface area contributed by atoms with Gasteiger partial charge in [-0.1, -0.05) is 30.3 Å². The average Bonchev–Trinajstić information content (AvgIpc) is 2.90. The van der Waals surface area contributed by atoms with E-state index in [1.54, 1.807) is 6.20 Å².